The molecule has 1 saturated heterocycles. The average Bonchev–Trinajstić information content (AvgIpc) is 3.66. The highest BCUT2D eigenvalue weighted by atomic mass is 16.5. The smallest absolute Gasteiger partial charge is 0.0792 e. The number of ether oxygens (including phenoxy) is 1. The van der Waals surface area contributed by atoms with Gasteiger partial charge in [-0.1, -0.05) is 54.6 Å². The Morgan fingerprint density at radius 3 is 2.49 bits per heavy atom. The molecule has 5 aliphatic carbocycles. The summed E-state index contributed by atoms with van der Waals surface area (Å²) >= 11 is 0. The molecule has 6 atom stereocenters. The van der Waals surface area contributed by atoms with Crippen molar-refractivity contribution in [3.05, 3.63) is 113 Å². The molecule has 0 radical (unpaired) electrons. The van der Waals surface area contributed by atoms with Crippen LogP contribution in [-0.2, 0) is 24.0 Å². The molecular weight excluding hydrogens is 548 g/mol. The van der Waals surface area contributed by atoms with E-state index in [-0.39, 0.29) is 0 Å². The maximum atomic E-state index is 6.73. The van der Waals surface area contributed by atoms with Crippen LogP contribution >= 0.6 is 0 Å². The van der Waals surface area contributed by atoms with E-state index >= 15 is 0 Å². The summed E-state index contributed by atoms with van der Waals surface area (Å²) in [6.07, 6.45) is 30.5. The molecule has 9 rings (SSSR count). The molecule has 1 saturated carbocycles. The summed E-state index contributed by atoms with van der Waals surface area (Å²) in [5.41, 5.74) is 12.0. The minimum atomic E-state index is 0.337. The quantitative estimate of drug-likeness (QED) is 0.273. The van der Waals surface area contributed by atoms with Gasteiger partial charge in [0.05, 0.1) is 12.2 Å². The van der Waals surface area contributed by atoms with Crippen LogP contribution in [0.2, 0.25) is 0 Å². The zero-order chi connectivity index (χ0) is 29.7. The third kappa shape index (κ3) is 4.89. The summed E-state index contributed by atoms with van der Waals surface area (Å²) in [6.45, 7) is 0. The summed E-state index contributed by atoms with van der Waals surface area (Å²) in [7, 11) is 0. The Balaban J connectivity index is 1.03. The van der Waals surface area contributed by atoms with Gasteiger partial charge >= 0.3 is 0 Å². The SMILES string of the molecule is C1=CC2OC3CCCC(N(C4=CCCCC4)c4ccc(C5C=Cc6c(c7c(n6-c6ccccc6)CCCC7)C5)cc4)C3C2CC1. The molecule has 1 aliphatic heterocycles. The second-order valence-electron chi connectivity index (χ2n) is 14.6. The van der Waals surface area contributed by atoms with Crippen molar-refractivity contribution in [3.63, 3.8) is 0 Å². The third-order valence-electron chi connectivity index (χ3n) is 12.2. The van der Waals surface area contributed by atoms with Crippen molar-refractivity contribution in [2.75, 3.05) is 4.90 Å². The summed E-state index contributed by atoms with van der Waals surface area (Å²) < 4.78 is 9.30. The first-order valence-electron chi connectivity index (χ1n) is 18.2. The number of hydrogen-bond donors (Lipinski definition) is 0. The van der Waals surface area contributed by atoms with Gasteiger partial charge in [0.1, 0.15) is 0 Å². The zero-order valence-corrected chi connectivity index (χ0v) is 26.7. The van der Waals surface area contributed by atoms with Gasteiger partial charge in [0.25, 0.3) is 0 Å². The number of hydrogen-bond acceptors (Lipinski definition) is 2. The molecule has 2 heterocycles. The normalized spacial score (nSPS) is 30.2. The van der Waals surface area contributed by atoms with Crippen LogP contribution < -0.4 is 4.90 Å². The van der Waals surface area contributed by atoms with Crippen molar-refractivity contribution in [2.24, 2.45) is 11.8 Å². The van der Waals surface area contributed by atoms with Crippen molar-refractivity contribution in [1.29, 1.82) is 0 Å². The van der Waals surface area contributed by atoms with Crippen LogP contribution in [0.5, 0.6) is 0 Å². The fraction of sp³-hybridized carbons (Fsp3) is 0.476. The maximum absolute atomic E-state index is 6.73. The van der Waals surface area contributed by atoms with Gasteiger partial charge in [0.2, 0.25) is 0 Å². The van der Waals surface area contributed by atoms with Gasteiger partial charge < -0.3 is 14.2 Å². The highest BCUT2D eigenvalue weighted by Crippen LogP contribution is 2.49. The van der Waals surface area contributed by atoms with Crippen LogP contribution in [0.25, 0.3) is 11.8 Å². The van der Waals surface area contributed by atoms with Gasteiger partial charge in [0.15, 0.2) is 0 Å². The highest BCUT2D eigenvalue weighted by molar-refractivity contribution is 5.65. The fourth-order valence-corrected chi connectivity index (χ4v) is 10.2. The Bertz CT molecular complexity index is 1620. The molecule has 3 aromatic rings. The molecule has 0 amide bonds. The molecule has 0 N–H and O–H groups in total. The number of fused-ring (bicyclic) bond motifs is 6. The van der Waals surface area contributed by atoms with E-state index in [0.29, 0.717) is 36.0 Å². The predicted octanol–water partition coefficient (Wildman–Crippen LogP) is 9.88. The zero-order valence-electron chi connectivity index (χ0n) is 26.7. The van der Waals surface area contributed by atoms with E-state index in [2.05, 4.69) is 94.4 Å². The second kappa shape index (κ2) is 11.8. The van der Waals surface area contributed by atoms with Crippen LogP contribution in [0, 0.1) is 11.8 Å². The largest absolute Gasteiger partial charge is 0.370 e. The molecule has 3 heteroatoms. The monoisotopic (exact) mass is 596 g/mol. The number of anilines is 1. The summed E-state index contributed by atoms with van der Waals surface area (Å²) in [4.78, 5) is 2.81. The lowest BCUT2D eigenvalue weighted by Crippen LogP contribution is -2.48. The van der Waals surface area contributed by atoms with E-state index in [1.807, 2.05) is 0 Å². The Hall–Kier alpha value is -3.30. The lowest BCUT2D eigenvalue weighted by atomic mass is 9.71. The van der Waals surface area contributed by atoms with Crippen LogP contribution in [0.4, 0.5) is 5.69 Å². The van der Waals surface area contributed by atoms with Gasteiger partial charge in [-0.25, -0.2) is 0 Å². The predicted molar refractivity (Wildman–Crippen MR) is 185 cm³/mol. The van der Waals surface area contributed by atoms with Gasteiger partial charge in [-0.3, -0.25) is 0 Å². The van der Waals surface area contributed by atoms with E-state index in [1.54, 1.807) is 22.5 Å². The lowest BCUT2D eigenvalue weighted by Gasteiger charge is -2.45. The van der Waals surface area contributed by atoms with Gasteiger partial charge in [0, 0.05) is 46.3 Å². The van der Waals surface area contributed by atoms with E-state index in [4.69, 9.17) is 4.74 Å². The number of nitrogens with zero attached hydrogens (tertiary/aromatic N) is 2. The third-order valence-corrected chi connectivity index (χ3v) is 12.2. The van der Waals surface area contributed by atoms with Gasteiger partial charge in [-0.2, -0.15) is 0 Å². The van der Waals surface area contributed by atoms with E-state index in [0.717, 1.165) is 6.42 Å². The molecule has 1 aromatic heterocycles. The molecule has 2 aromatic carbocycles. The number of rotatable bonds is 5. The number of aromatic nitrogens is 1. The molecule has 2 fully saturated rings. The van der Waals surface area contributed by atoms with Crippen molar-refractivity contribution in [2.45, 2.75) is 114 Å². The van der Waals surface area contributed by atoms with Crippen molar-refractivity contribution >= 4 is 11.8 Å². The van der Waals surface area contributed by atoms with Crippen LogP contribution in [0.1, 0.15) is 105 Å². The van der Waals surface area contributed by atoms with E-state index in [1.165, 1.54) is 106 Å². The van der Waals surface area contributed by atoms with E-state index < -0.39 is 0 Å². The first kappa shape index (κ1) is 28.0. The highest BCUT2D eigenvalue weighted by Gasteiger charge is 2.50. The van der Waals surface area contributed by atoms with Crippen LogP contribution in [0.3, 0.4) is 0 Å². The molecular formula is C42H48N2O. The first-order valence-corrected chi connectivity index (χ1v) is 18.2. The van der Waals surface area contributed by atoms with Crippen molar-refractivity contribution < 1.29 is 4.74 Å². The molecule has 45 heavy (non-hydrogen) atoms. The van der Waals surface area contributed by atoms with Crippen molar-refractivity contribution in [1.82, 2.24) is 4.57 Å². The van der Waals surface area contributed by atoms with Gasteiger partial charge in [-0.15, -0.1) is 0 Å². The number of benzene rings is 2. The Morgan fingerprint density at radius 2 is 1.62 bits per heavy atom. The Kier molecular flexibility index (Phi) is 7.34. The maximum Gasteiger partial charge on any atom is 0.0792 e. The topological polar surface area (TPSA) is 17.4 Å². The standard InChI is InChI=1S/C42H48N2O/c1-3-12-31(13-4-1)43(39-19-11-21-41-42(39)35-17-8-10-20-40(35)45-41)33-25-22-29(23-26-33)30-24-27-38-36(28-30)34-16-7-9-18-37(34)44(38)32-14-5-2-6-15-32/h2,5-6,10,12,14-15,20,22-27,30,35,39-42H,1,3-4,7-9,11,13,16-19,21,28H2. The molecule has 0 spiro atoms. The second-order valence-corrected chi connectivity index (χ2v) is 14.6. The minimum Gasteiger partial charge on any atom is -0.370 e. The Morgan fingerprint density at radius 1 is 0.756 bits per heavy atom. The summed E-state index contributed by atoms with van der Waals surface area (Å²) in [6, 6.07) is 21.4. The molecule has 6 unspecified atom stereocenters. The molecule has 232 valence electrons. The minimum absolute atomic E-state index is 0.337. The first-order chi connectivity index (χ1) is 22.3. The van der Waals surface area contributed by atoms with Crippen LogP contribution in [0.15, 0.2) is 84.6 Å². The molecule has 0 bridgehead atoms. The Labute approximate surface area is 269 Å². The van der Waals surface area contributed by atoms with Gasteiger partial charge in [-0.05, 0) is 143 Å². The summed E-state index contributed by atoms with van der Waals surface area (Å²) in [5.74, 6) is 1.74. The fourth-order valence-electron chi connectivity index (χ4n) is 10.2. The molecule has 6 aliphatic rings. The summed E-state index contributed by atoms with van der Waals surface area (Å²) in [5, 5.41) is 0. The van der Waals surface area contributed by atoms with E-state index in [9.17, 15) is 0 Å². The number of para-hydroxylation sites is 1. The van der Waals surface area contributed by atoms with Crippen molar-refractivity contribution in [3.8, 4) is 5.69 Å². The molecule has 3 nitrogen and oxygen atoms in total. The number of allylic oxidation sites excluding steroid dienone is 4. The lowest BCUT2D eigenvalue weighted by molar-refractivity contribution is 0.0317. The average molecular weight is 597 g/mol. The van der Waals surface area contributed by atoms with Crippen LogP contribution in [-0.4, -0.2) is 22.8 Å².